The Morgan fingerprint density at radius 3 is 2.24 bits per heavy atom. The molecule has 0 amide bonds. The number of methoxy groups -OCH3 is 1. The van der Waals surface area contributed by atoms with Gasteiger partial charge in [-0.2, -0.15) is 0 Å². The fourth-order valence-corrected chi connectivity index (χ4v) is 1.17. The lowest BCUT2D eigenvalue weighted by molar-refractivity contribution is -0.141. The molecule has 1 unspecified atom stereocenters. The first kappa shape index (κ1) is 12.9. The Kier molecular flexibility index (Phi) is 4.39. The zero-order chi connectivity index (χ0) is 12.8. The molecular weight excluding hydrogens is 224 g/mol. The van der Waals surface area contributed by atoms with Gasteiger partial charge in [0, 0.05) is 5.56 Å². The number of rotatable bonds is 3. The van der Waals surface area contributed by atoms with Gasteiger partial charge in [-0.1, -0.05) is 30.3 Å². The van der Waals surface area contributed by atoms with Crippen LogP contribution in [0.15, 0.2) is 30.3 Å². The van der Waals surface area contributed by atoms with Crippen LogP contribution in [0.3, 0.4) is 0 Å². The van der Waals surface area contributed by atoms with Gasteiger partial charge in [-0.25, -0.2) is 4.79 Å². The van der Waals surface area contributed by atoms with Gasteiger partial charge in [0.25, 0.3) is 0 Å². The van der Waals surface area contributed by atoms with E-state index in [-0.39, 0.29) is 0 Å². The summed E-state index contributed by atoms with van der Waals surface area (Å²) in [6.07, 6.45) is -1.12. The van der Waals surface area contributed by atoms with Crippen molar-refractivity contribution in [2.45, 2.75) is 6.92 Å². The number of ketones is 1. The molecule has 0 radical (unpaired) electrons. The van der Waals surface area contributed by atoms with Crippen molar-refractivity contribution >= 4 is 17.9 Å². The quantitative estimate of drug-likeness (QED) is 0.454. The van der Waals surface area contributed by atoms with Crippen LogP contribution in [0.2, 0.25) is 0 Å². The first-order valence-electron chi connectivity index (χ1n) is 4.95. The van der Waals surface area contributed by atoms with E-state index in [2.05, 4.69) is 9.47 Å². The highest BCUT2D eigenvalue weighted by atomic mass is 16.7. The predicted molar refractivity (Wildman–Crippen MR) is 58.4 cm³/mol. The van der Waals surface area contributed by atoms with E-state index in [4.69, 9.17) is 0 Å². The highest BCUT2D eigenvalue weighted by Gasteiger charge is 2.26. The van der Waals surface area contributed by atoms with Gasteiger partial charge in [-0.3, -0.25) is 9.59 Å². The second-order valence-electron chi connectivity index (χ2n) is 3.33. The van der Waals surface area contributed by atoms with E-state index >= 15 is 0 Å². The average molecular weight is 236 g/mol. The summed E-state index contributed by atoms with van der Waals surface area (Å²) in [5.74, 6) is -2.37. The summed E-state index contributed by atoms with van der Waals surface area (Å²) in [7, 11) is 1.08. The van der Waals surface area contributed by atoms with Crippen LogP contribution in [0.4, 0.5) is 4.79 Å². The molecule has 90 valence electrons. The van der Waals surface area contributed by atoms with Crippen LogP contribution in [0, 0.1) is 5.92 Å². The molecule has 1 atom stereocenters. The Morgan fingerprint density at radius 2 is 1.71 bits per heavy atom. The zero-order valence-corrected chi connectivity index (χ0v) is 9.51. The summed E-state index contributed by atoms with van der Waals surface area (Å²) < 4.78 is 8.45. The molecule has 0 saturated heterocycles. The summed E-state index contributed by atoms with van der Waals surface area (Å²) in [4.78, 5) is 33.9. The average Bonchev–Trinajstić information content (AvgIpc) is 2.37. The molecule has 17 heavy (non-hydrogen) atoms. The van der Waals surface area contributed by atoms with Crippen molar-refractivity contribution in [1.82, 2.24) is 0 Å². The van der Waals surface area contributed by atoms with Crippen molar-refractivity contribution in [2.24, 2.45) is 5.92 Å². The Bertz CT molecular complexity index is 424. The molecule has 0 fully saturated rings. The summed E-state index contributed by atoms with van der Waals surface area (Å²) in [6.45, 7) is 1.38. The van der Waals surface area contributed by atoms with Crippen molar-refractivity contribution in [2.75, 3.05) is 7.11 Å². The van der Waals surface area contributed by atoms with Crippen molar-refractivity contribution in [3.8, 4) is 0 Å². The second kappa shape index (κ2) is 5.79. The maximum atomic E-state index is 11.8. The summed E-state index contributed by atoms with van der Waals surface area (Å²) in [5.41, 5.74) is 0.391. The van der Waals surface area contributed by atoms with Gasteiger partial charge in [-0.05, 0) is 6.92 Å². The molecule has 0 aromatic heterocycles. The van der Waals surface area contributed by atoms with E-state index < -0.39 is 23.8 Å². The van der Waals surface area contributed by atoms with Gasteiger partial charge in [0.1, 0.15) is 5.92 Å². The second-order valence-corrected chi connectivity index (χ2v) is 3.33. The number of benzene rings is 1. The number of carbonyl (C=O) groups excluding carboxylic acids is 3. The van der Waals surface area contributed by atoms with Crippen LogP contribution in [0.1, 0.15) is 17.3 Å². The lowest BCUT2D eigenvalue weighted by Crippen LogP contribution is -2.25. The van der Waals surface area contributed by atoms with Gasteiger partial charge in [-0.15, -0.1) is 0 Å². The Hall–Kier alpha value is -2.17. The summed E-state index contributed by atoms with van der Waals surface area (Å²) in [5, 5.41) is 0. The number of Topliss-reactive ketones (excluding diaryl/α,β-unsaturated/α-hetero) is 1. The SMILES string of the molecule is COC(=O)OC(=O)C(C)C(=O)c1ccccc1. The van der Waals surface area contributed by atoms with Crippen LogP contribution < -0.4 is 0 Å². The van der Waals surface area contributed by atoms with Crippen molar-refractivity contribution < 1.29 is 23.9 Å². The van der Waals surface area contributed by atoms with Crippen LogP contribution in [-0.4, -0.2) is 25.0 Å². The third kappa shape index (κ3) is 3.41. The van der Waals surface area contributed by atoms with Crippen LogP contribution in [-0.2, 0) is 14.3 Å². The van der Waals surface area contributed by atoms with E-state index in [1.165, 1.54) is 6.92 Å². The number of carbonyl (C=O) groups is 3. The van der Waals surface area contributed by atoms with E-state index in [0.717, 1.165) is 7.11 Å². The van der Waals surface area contributed by atoms with Crippen molar-refractivity contribution in [3.63, 3.8) is 0 Å². The lowest BCUT2D eigenvalue weighted by atomic mass is 10.00. The molecule has 1 aromatic carbocycles. The predicted octanol–water partition coefficient (Wildman–Crippen LogP) is 1.81. The molecule has 0 heterocycles. The highest BCUT2D eigenvalue weighted by molar-refractivity contribution is 6.09. The molecule has 0 N–H and O–H groups in total. The van der Waals surface area contributed by atoms with E-state index in [9.17, 15) is 14.4 Å². The first-order valence-corrected chi connectivity index (χ1v) is 4.95. The topological polar surface area (TPSA) is 69.7 Å². The molecule has 0 aliphatic heterocycles. The standard InChI is InChI=1S/C12H12O5/c1-8(11(14)17-12(15)16-2)10(13)9-6-4-3-5-7-9/h3-8H,1-2H3. The molecule has 0 spiro atoms. The van der Waals surface area contributed by atoms with Gasteiger partial charge < -0.3 is 9.47 Å². The molecule has 0 bridgehead atoms. The molecular formula is C12H12O5. The fourth-order valence-electron chi connectivity index (χ4n) is 1.17. The Labute approximate surface area is 98.3 Å². The van der Waals surface area contributed by atoms with Crippen LogP contribution in [0.5, 0.6) is 0 Å². The minimum atomic E-state index is -1.12. The number of hydrogen-bond acceptors (Lipinski definition) is 5. The minimum absolute atomic E-state index is 0.391. The molecule has 5 nitrogen and oxygen atoms in total. The summed E-state index contributed by atoms with van der Waals surface area (Å²) in [6, 6.07) is 8.31. The van der Waals surface area contributed by atoms with E-state index in [0.29, 0.717) is 5.56 Å². The fraction of sp³-hybridized carbons (Fsp3) is 0.250. The Morgan fingerprint density at radius 1 is 1.12 bits per heavy atom. The Balaban J connectivity index is 2.70. The molecule has 0 aliphatic rings. The third-order valence-corrected chi connectivity index (χ3v) is 2.16. The van der Waals surface area contributed by atoms with Gasteiger partial charge >= 0.3 is 12.1 Å². The molecule has 1 rings (SSSR count). The highest BCUT2D eigenvalue weighted by Crippen LogP contribution is 2.10. The first-order chi connectivity index (χ1) is 8.06. The van der Waals surface area contributed by atoms with Crippen molar-refractivity contribution in [1.29, 1.82) is 0 Å². The third-order valence-electron chi connectivity index (χ3n) is 2.16. The number of esters is 1. The van der Waals surface area contributed by atoms with Gasteiger partial charge in [0.2, 0.25) is 0 Å². The normalized spacial score (nSPS) is 11.4. The number of hydrogen-bond donors (Lipinski definition) is 0. The maximum absolute atomic E-state index is 11.8. The van der Waals surface area contributed by atoms with E-state index in [1.807, 2.05) is 0 Å². The molecule has 0 aliphatic carbocycles. The largest absolute Gasteiger partial charge is 0.515 e. The summed E-state index contributed by atoms with van der Waals surface area (Å²) >= 11 is 0. The monoisotopic (exact) mass is 236 g/mol. The van der Waals surface area contributed by atoms with Crippen LogP contribution in [0.25, 0.3) is 0 Å². The molecule has 5 heteroatoms. The molecule has 1 aromatic rings. The number of ether oxygens (including phenoxy) is 2. The maximum Gasteiger partial charge on any atom is 0.515 e. The smallest absolute Gasteiger partial charge is 0.437 e. The lowest BCUT2D eigenvalue weighted by Gasteiger charge is -2.08. The van der Waals surface area contributed by atoms with E-state index in [1.54, 1.807) is 30.3 Å². The molecule has 0 saturated carbocycles. The van der Waals surface area contributed by atoms with Gasteiger partial charge in [0.15, 0.2) is 5.78 Å². The zero-order valence-electron chi connectivity index (χ0n) is 9.51. The van der Waals surface area contributed by atoms with Crippen LogP contribution >= 0.6 is 0 Å². The minimum Gasteiger partial charge on any atom is -0.437 e. The van der Waals surface area contributed by atoms with Gasteiger partial charge in [0.05, 0.1) is 7.11 Å². The van der Waals surface area contributed by atoms with Crippen molar-refractivity contribution in [3.05, 3.63) is 35.9 Å².